The van der Waals surface area contributed by atoms with Gasteiger partial charge in [-0.05, 0) is 42.7 Å². The van der Waals surface area contributed by atoms with Gasteiger partial charge in [-0.1, -0.05) is 56.3 Å². The van der Waals surface area contributed by atoms with E-state index in [0.29, 0.717) is 22.3 Å². The molecule has 0 saturated heterocycles. The summed E-state index contributed by atoms with van der Waals surface area (Å²) in [6.07, 6.45) is -0.295. The largest absolute Gasteiger partial charge is 0.451 e. The van der Waals surface area contributed by atoms with E-state index in [1.807, 2.05) is 6.92 Å². The summed E-state index contributed by atoms with van der Waals surface area (Å²) in [4.78, 5) is 24.4. The smallest absolute Gasteiger partial charge is 0.417 e. The summed E-state index contributed by atoms with van der Waals surface area (Å²) in [6.45, 7) is 5.34. The van der Waals surface area contributed by atoms with Crippen molar-refractivity contribution in [2.75, 3.05) is 5.94 Å². The molecule has 174 valence electrons. The number of alkyl halides is 3. The van der Waals surface area contributed by atoms with Crippen LogP contribution in [0.15, 0.2) is 69.2 Å². The van der Waals surface area contributed by atoms with E-state index >= 15 is 0 Å². The van der Waals surface area contributed by atoms with E-state index in [4.69, 9.17) is 9.15 Å². The average Bonchev–Trinajstić information content (AvgIpc) is 2.78. The molecule has 3 rings (SSSR count). The van der Waals surface area contributed by atoms with Crippen LogP contribution in [0.3, 0.4) is 0 Å². The van der Waals surface area contributed by atoms with E-state index in [1.54, 1.807) is 24.3 Å². The van der Waals surface area contributed by atoms with Crippen molar-refractivity contribution >= 4 is 28.7 Å². The quantitative estimate of drug-likeness (QED) is 0.0832. The van der Waals surface area contributed by atoms with Crippen molar-refractivity contribution in [3.05, 3.63) is 76.7 Å². The van der Waals surface area contributed by atoms with Crippen molar-refractivity contribution < 1.29 is 27.1 Å². The molecule has 1 aromatic heterocycles. The molecule has 0 radical (unpaired) electrons. The van der Waals surface area contributed by atoms with Gasteiger partial charge < -0.3 is 9.15 Å². The number of aryl methyl sites for hydroxylation is 1. The predicted octanol–water partition coefficient (Wildman–Crippen LogP) is 6.99. The number of hydrogen-bond donors (Lipinski definition) is 0. The van der Waals surface area contributed by atoms with Gasteiger partial charge in [-0.3, -0.25) is 0 Å². The Labute approximate surface area is 193 Å². The van der Waals surface area contributed by atoms with Crippen molar-refractivity contribution in [2.24, 2.45) is 0 Å². The molecule has 0 aliphatic carbocycles. The number of carbonyl (C=O) groups is 1. The fraction of sp³-hybridized carbons (Fsp3) is 0.280. The number of thioether (sulfide) groups is 1. The van der Waals surface area contributed by atoms with Gasteiger partial charge in [-0.15, -0.1) is 0 Å². The number of carbonyl (C=O) groups excluding carboxylic acids is 1. The highest BCUT2D eigenvalue weighted by Crippen LogP contribution is 2.38. The molecule has 8 heteroatoms. The monoisotopic (exact) mass is 476 g/mol. The molecule has 0 aliphatic rings. The van der Waals surface area contributed by atoms with Crippen LogP contribution in [0.4, 0.5) is 13.2 Å². The van der Waals surface area contributed by atoms with Gasteiger partial charge >= 0.3 is 17.8 Å². The number of unbranched alkanes of at least 4 members (excludes halogenated alkanes) is 2. The van der Waals surface area contributed by atoms with E-state index < -0.39 is 23.3 Å². The SMILES string of the molecule is C=CC(=O)OCSc1ccc2cc(-c3ccc(CCCCC)cc3C(F)(F)F)c(=O)oc2c1. The van der Waals surface area contributed by atoms with Crippen LogP contribution in [0, 0.1) is 0 Å². The van der Waals surface area contributed by atoms with E-state index in [9.17, 15) is 22.8 Å². The van der Waals surface area contributed by atoms with Crippen molar-refractivity contribution in [2.45, 2.75) is 43.7 Å². The van der Waals surface area contributed by atoms with Gasteiger partial charge in [0.25, 0.3) is 0 Å². The van der Waals surface area contributed by atoms with Gasteiger partial charge in [0.05, 0.1) is 11.1 Å². The van der Waals surface area contributed by atoms with Crippen LogP contribution in [0.5, 0.6) is 0 Å². The first kappa shape index (κ1) is 24.6. The zero-order valence-electron chi connectivity index (χ0n) is 18.0. The number of ether oxygens (including phenoxy) is 1. The lowest BCUT2D eigenvalue weighted by Gasteiger charge is -2.15. The molecule has 0 atom stereocenters. The zero-order valence-corrected chi connectivity index (χ0v) is 18.9. The fourth-order valence-electron chi connectivity index (χ4n) is 3.38. The highest BCUT2D eigenvalue weighted by Gasteiger charge is 2.34. The molecular weight excluding hydrogens is 453 g/mol. The van der Waals surface area contributed by atoms with Gasteiger partial charge in [-0.2, -0.15) is 13.2 Å². The maximum absolute atomic E-state index is 13.8. The minimum Gasteiger partial charge on any atom is -0.451 e. The number of hydrogen-bond acceptors (Lipinski definition) is 5. The Kier molecular flexibility index (Phi) is 8.02. The molecule has 33 heavy (non-hydrogen) atoms. The van der Waals surface area contributed by atoms with Gasteiger partial charge in [-0.25, -0.2) is 9.59 Å². The first-order chi connectivity index (χ1) is 15.7. The molecule has 1 heterocycles. The highest BCUT2D eigenvalue weighted by atomic mass is 32.2. The summed E-state index contributed by atoms with van der Waals surface area (Å²) in [5, 5.41) is 0.484. The second kappa shape index (κ2) is 10.7. The first-order valence-corrected chi connectivity index (χ1v) is 11.4. The maximum Gasteiger partial charge on any atom is 0.417 e. The molecule has 3 aromatic rings. The summed E-state index contributed by atoms with van der Waals surface area (Å²) >= 11 is 1.20. The van der Waals surface area contributed by atoms with Crippen LogP contribution >= 0.6 is 11.8 Å². The summed E-state index contributed by atoms with van der Waals surface area (Å²) in [5.41, 5.74) is -1.23. The van der Waals surface area contributed by atoms with Crippen LogP contribution in [-0.2, 0) is 22.1 Å². The number of halogens is 3. The second-order valence-electron chi connectivity index (χ2n) is 7.41. The van der Waals surface area contributed by atoms with Gasteiger partial charge in [0, 0.05) is 21.9 Å². The molecule has 0 aliphatic heterocycles. The number of esters is 1. The average molecular weight is 477 g/mol. The Morgan fingerprint density at radius 1 is 1.12 bits per heavy atom. The van der Waals surface area contributed by atoms with Crippen molar-refractivity contribution in [1.82, 2.24) is 0 Å². The molecule has 0 unspecified atom stereocenters. The van der Waals surface area contributed by atoms with E-state index in [1.165, 1.54) is 23.9 Å². The van der Waals surface area contributed by atoms with Crippen LogP contribution < -0.4 is 5.63 Å². The van der Waals surface area contributed by atoms with Crippen LogP contribution in [0.2, 0.25) is 0 Å². The summed E-state index contributed by atoms with van der Waals surface area (Å²) in [6, 6.07) is 10.4. The lowest BCUT2D eigenvalue weighted by atomic mass is 9.95. The lowest BCUT2D eigenvalue weighted by molar-refractivity contribution is -0.137. The Balaban J connectivity index is 1.95. The minimum absolute atomic E-state index is 0.0399. The Morgan fingerprint density at radius 2 is 1.91 bits per heavy atom. The Hall–Kier alpha value is -3.00. The number of benzene rings is 2. The molecule has 0 bridgehead atoms. The topological polar surface area (TPSA) is 56.5 Å². The highest BCUT2D eigenvalue weighted by molar-refractivity contribution is 7.99. The van der Waals surface area contributed by atoms with Gasteiger partial charge in [0.2, 0.25) is 0 Å². The first-order valence-electron chi connectivity index (χ1n) is 10.4. The predicted molar refractivity (Wildman–Crippen MR) is 123 cm³/mol. The standard InChI is InChI=1S/C25H23F3O4S/c1-3-5-6-7-16-8-11-19(21(12-16)25(26,27)28)20-13-17-9-10-18(14-22(17)32-24(20)30)33-15-31-23(29)4-2/h4,8-14H,2-3,5-7,15H2,1H3. The molecule has 2 aromatic carbocycles. The minimum atomic E-state index is -4.61. The maximum atomic E-state index is 13.8. The Bertz CT molecular complexity index is 1210. The molecule has 0 amide bonds. The van der Waals surface area contributed by atoms with Crippen molar-refractivity contribution in [3.8, 4) is 11.1 Å². The van der Waals surface area contributed by atoms with Crippen molar-refractivity contribution in [1.29, 1.82) is 0 Å². The molecule has 0 N–H and O–H groups in total. The third-order valence-corrected chi connectivity index (χ3v) is 5.87. The molecule has 0 saturated carbocycles. The third-order valence-electron chi connectivity index (χ3n) is 5.05. The molecule has 0 fully saturated rings. The lowest BCUT2D eigenvalue weighted by Crippen LogP contribution is -2.12. The molecule has 4 nitrogen and oxygen atoms in total. The number of rotatable bonds is 9. The van der Waals surface area contributed by atoms with E-state index in [0.717, 1.165) is 31.4 Å². The van der Waals surface area contributed by atoms with Crippen LogP contribution in [0.1, 0.15) is 37.3 Å². The zero-order chi connectivity index (χ0) is 24.0. The third kappa shape index (κ3) is 6.28. The van der Waals surface area contributed by atoms with Crippen molar-refractivity contribution in [3.63, 3.8) is 0 Å². The van der Waals surface area contributed by atoms with E-state index in [-0.39, 0.29) is 22.6 Å². The summed E-state index contributed by atoms with van der Waals surface area (Å²) < 4.78 is 51.7. The van der Waals surface area contributed by atoms with Crippen LogP contribution in [0.25, 0.3) is 22.1 Å². The van der Waals surface area contributed by atoms with Gasteiger partial charge in [0.1, 0.15) is 11.5 Å². The summed E-state index contributed by atoms with van der Waals surface area (Å²) in [7, 11) is 0. The summed E-state index contributed by atoms with van der Waals surface area (Å²) in [5.74, 6) is -0.519. The van der Waals surface area contributed by atoms with E-state index in [2.05, 4.69) is 6.58 Å². The molecular formula is C25H23F3O4S. The fourth-order valence-corrected chi connectivity index (χ4v) is 4.04. The van der Waals surface area contributed by atoms with Gasteiger partial charge in [0.15, 0.2) is 0 Å². The molecule has 0 spiro atoms. The Morgan fingerprint density at radius 3 is 2.61 bits per heavy atom. The normalized spacial score (nSPS) is 11.5. The van der Waals surface area contributed by atoms with Crippen LogP contribution in [-0.4, -0.2) is 11.9 Å². The number of fused-ring (bicyclic) bond motifs is 1. The second-order valence-corrected chi connectivity index (χ2v) is 8.41.